The highest BCUT2D eigenvalue weighted by atomic mass is 32.1. The molecule has 4 nitrogen and oxygen atoms in total. The van der Waals surface area contributed by atoms with E-state index in [2.05, 4.69) is 17.4 Å². The number of hydrogen-bond acceptors (Lipinski definition) is 4. The number of thiophene rings is 1. The first-order valence-electron chi connectivity index (χ1n) is 8.22. The van der Waals surface area contributed by atoms with Crippen LogP contribution in [0.1, 0.15) is 48.7 Å². The Kier molecular flexibility index (Phi) is 4.71. The van der Waals surface area contributed by atoms with E-state index in [0.29, 0.717) is 30.0 Å². The Morgan fingerprint density at radius 2 is 2.04 bits per heavy atom. The molecule has 0 unspecified atom stereocenters. The molecule has 1 aliphatic rings. The average molecular weight is 343 g/mol. The van der Waals surface area contributed by atoms with Crippen LogP contribution in [0.25, 0.3) is 10.4 Å². The molecule has 0 atom stereocenters. The van der Waals surface area contributed by atoms with Gasteiger partial charge in [0, 0.05) is 17.7 Å². The summed E-state index contributed by atoms with van der Waals surface area (Å²) in [5.74, 6) is -0.157. The number of esters is 1. The smallest absolute Gasteiger partial charge is 0.341 e. The Hall–Kier alpha value is -2.14. The lowest BCUT2D eigenvalue weighted by Crippen LogP contribution is -2.16. The van der Waals surface area contributed by atoms with Gasteiger partial charge in [0.1, 0.15) is 5.00 Å². The number of nitrogens with one attached hydrogen (secondary N) is 1. The zero-order valence-corrected chi connectivity index (χ0v) is 15.0. The minimum absolute atomic E-state index is 0.0660. The molecule has 0 bridgehead atoms. The van der Waals surface area contributed by atoms with Crippen molar-refractivity contribution < 1.29 is 14.3 Å². The lowest BCUT2D eigenvalue weighted by molar-refractivity contribution is -0.116. The molecule has 1 aromatic carbocycles. The van der Waals surface area contributed by atoms with Crippen molar-refractivity contribution in [2.24, 2.45) is 5.92 Å². The number of hydrogen-bond donors (Lipinski definition) is 1. The Morgan fingerprint density at radius 1 is 1.29 bits per heavy atom. The molecule has 1 aliphatic carbocycles. The zero-order chi connectivity index (χ0) is 17.3. The second-order valence-electron chi connectivity index (χ2n) is 6.31. The molecule has 5 heteroatoms. The van der Waals surface area contributed by atoms with Crippen LogP contribution in [0.5, 0.6) is 0 Å². The van der Waals surface area contributed by atoms with E-state index in [1.807, 2.05) is 26.0 Å². The normalized spacial score (nSPS) is 12.0. The number of anilines is 1. The van der Waals surface area contributed by atoms with Crippen LogP contribution in [0.4, 0.5) is 5.00 Å². The van der Waals surface area contributed by atoms with Crippen molar-refractivity contribution in [3.63, 3.8) is 0 Å². The van der Waals surface area contributed by atoms with Crippen LogP contribution in [0, 0.1) is 5.92 Å². The first-order chi connectivity index (χ1) is 11.5. The molecule has 3 rings (SSSR count). The molecule has 126 valence electrons. The van der Waals surface area contributed by atoms with Gasteiger partial charge in [0.05, 0.1) is 12.2 Å². The van der Waals surface area contributed by atoms with Crippen LogP contribution in [-0.4, -0.2) is 18.5 Å². The molecule has 0 spiro atoms. The predicted octanol–water partition coefficient (Wildman–Crippen LogP) is 4.48. The predicted molar refractivity (Wildman–Crippen MR) is 96.6 cm³/mol. The van der Waals surface area contributed by atoms with Gasteiger partial charge in [-0.2, -0.15) is 0 Å². The van der Waals surface area contributed by atoms with Gasteiger partial charge in [-0.3, -0.25) is 4.79 Å². The number of fused-ring (bicyclic) bond motifs is 3. The van der Waals surface area contributed by atoms with Gasteiger partial charge >= 0.3 is 5.97 Å². The molecule has 24 heavy (non-hydrogen) atoms. The second-order valence-corrected chi connectivity index (χ2v) is 7.34. The highest BCUT2D eigenvalue weighted by Crippen LogP contribution is 2.47. The molecule has 2 aromatic rings. The van der Waals surface area contributed by atoms with E-state index in [0.717, 1.165) is 16.0 Å². The third-order valence-corrected chi connectivity index (χ3v) is 5.14. The summed E-state index contributed by atoms with van der Waals surface area (Å²) in [6.45, 7) is 6.10. The van der Waals surface area contributed by atoms with Crippen molar-refractivity contribution in [2.75, 3.05) is 11.9 Å². The summed E-state index contributed by atoms with van der Waals surface area (Å²) in [5.41, 5.74) is 3.85. The summed E-state index contributed by atoms with van der Waals surface area (Å²) < 4.78 is 5.23. The van der Waals surface area contributed by atoms with Crippen molar-refractivity contribution in [3.8, 4) is 10.4 Å². The first kappa shape index (κ1) is 16.7. The molecule has 0 saturated heterocycles. The minimum Gasteiger partial charge on any atom is -0.462 e. The summed E-state index contributed by atoms with van der Waals surface area (Å²) in [5, 5.41) is 3.53. The van der Waals surface area contributed by atoms with Crippen LogP contribution < -0.4 is 5.32 Å². The third-order valence-electron chi connectivity index (χ3n) is 3.96. The van der Waals surface area contributed by atoms with E-state index in [-0.39, 0.29) is 17.8 Å². The van der Waals surface area contributed by atoms with Gasteiger partial charge in [0.2, 0.25) is 5.91 Å². The average Bonchev–Trinajstić information content (AvgIpc) is 3.01. The van der Waals surface area contributed by atoms with Crippen LogP contribution in [-0.2, 0) is 16.0 Å². The molecule has 0 radical (unpaired) electrons. The Balaban J connectivity index is 2.00. The fourth-order valence-electron chi connectivity index (χ4n) is 2.99. The summed E-state index contributed by atoms with van der Waals surface area (Å²) in [4.78, 5) is 25.7. The molecular weight excluding hydrogens is 322 g/mol. The van der Waals surface area contributed by atoms with Crippen molar-refractivity contribution in [3.05, 3.63) is 41.0 Å². The maximum Gasteiger partial charge on any atom is 0.341 e. The minimum atomic E-state index is -0.359. The number of carbonyl (C=O) groups is 2. The lowest BCUT2D eigenvalue weighted by atomic mass is 10.1. The van der Waals surface area contributed by atoms with E-state index >= 15 is 0 Å². The maximum absolute atomic E-state index is 12.5. The molecule has 0 saturated carbocycles. The molecule has 1 amide bonds. The van der Waals surface area contributed by atoms with Gasteiger partial charge in [-0.05, 0) is 29.5 Å². The fourth-order valence-corrected chi connectivity index (χ4v) is 4.28. The van der Waals surface area contributed by atoms with Gasteiger partial charge in [-0.25, -0.2) is 4.79 Å². The summed E-state index contributed by atoms with van der Waals surface area (Å²) in [6.07, 6.45) is 1.14. The molecule has 0 aliphatic heterocycles. The van der Waals surface area contributed by atoms with Gasteiger partial charge in [-0.15, -0.1) is 11.3 Å². The third kappa shape index (κ3) is 3.08. The first-order valence-corrected chi connectivity index (χ1v) is 9.03. The Morgan fingerprint density at radius 3 is 2.75 bits per heavy atom. The van der Waals surface area contributed by atoms with Crippen LogP contribution >= 0.6 is 11.3 Å². The second kappa shape index (κ2) is 6.77. The van der Waals surface area contributed by atoms with Crippen LogP contribution in [0.15, 0.2) is 24.3 Å². The Labute approximate surface area is 145 Å². The molecule has 1 aromatic heterocycles. The van der Waals surface area contributed by atoms with E-state index in [9.17, 15) is 9.59 Å². The van der Waals surface area contributed by atoms with Crippen molar-refractivity contribution in [1.82, 2.24) is 0 Å². The number of amides is 1. The van der Waals surface area contributed by atoms with Crippen molar-refractivity contribution >= 4 is 28.2 Å². The van der Waals surface area contributed by atoms with Gasteiger partial charge in [0.15, 0.2) is 0 Å². The van der Waals surface area contributed by atoms with E-state index in [1.165, 1.54) is 16.9 Å². The highest BCUT2D eigenvalue weighted by Gasteiger charge is 2.31. The molecule has 0 fully saturated rings. The molecule has 1 heterocycles. The number of ether oxygens (including phenoxy) is 1. The van der Waals surface area contributed by atoms with Crippen LogP contribution in [0.2, 0.25) is 0 Å². The number of carbonyl (C=O) groups excluding carboxylic acids is 2. The SMILES string of the molecule is CCOC(=O)c1c(NC(=O)CC(C)C)sc2c1Cc1ccccc1-2. The quantitative estimate of drug-likeness (QED) is 0.695. The van der Waals surface area contributed by atoms with Gasteiger partial charge in [-0.1, -0.05) is 38.1 Å². The fraction of sp³-hybridized carbons (Fsp3) is 0.368. The van der Waals surface area contributed by atoms with E-state index in [1.54, 1.807) is 6.92 Å². The topological polar surface area (TPSA) is 55.4 Å². The van der Waals surface area contributed by atoms with Crippen molar-refractivity contribution in [1.29, 1.82) is 0 Å². The Bertz CT molecular complexity index is 792. The molecule has 1 N–H and O–H groups in total. The van der Waals surface area contributed by atoms with Crippen molar-refractivity contribution in [2.45, 2.75) is 33.6 Å². The van der Waals surface area contributed by atoms with Gasteiger partial charge in [0.25, 0.3) is 0 Å². The largest absolute Gasteiger partial charge is 0.462 e. The highest BCUT2D eigenvalue weighted by molar-refractivity contribution is 7.20. The molecular formula is C19H21NO3S. The standard InChI is InChI=1S/C19H21NO3S/c1-4-23-19(22)16-14-10-12-7-5-6-8-13(12)17(14)24-18(16)20-15(21)9-11(2)3/h5-8,11H,4,9-10H2,1-3H3,(H,20,21). The van der Waals surface area contributed by atoms with Crippen LogP contribution in [0.3, 0.4) is 0 Å². The van der Waals surface area contributed by atoms with E-state index < -0.39 is 0 Å². The summed E-state index contributed by atoms with van der Waals surface area (Å²) in [6, 6.07) is 8.14. The number of rotatable bonds is 5. The maximum atomic E-state index is 12.5. The zero-order valence-electron chi connectivity index (χ0n) is 14.1. The van der Waals surface area contributed by atoms with E-state index in [4.69, 9.17) is 4.74 Å². The summed E-state index contributed by atoms with van der Waals surface area (Å²) >= 11 is 1.47. The van der Waals surface area contributed by atoms with Gasteiger partial charge < -0.3 is 10.1 Å². The monoisotopic (exact) mass is 343 g/mol. The lowest BCUT2D eigenvalue weighted by Gasteiger charge is -2.09. The number of benzene rings is 1. The summed E-state index contributed by atoms with van der Waals surface area (Å²) in [7, 11) is 0.